The number of rotatable bonds is 3. The third-order valence-corrected chi connectivity index (χ3v) is 3.87. The number of hydrogen-bond donors (Lipinski definition) is 1. The molecule has 3 aromatic rings. The van der Waals surface area contributed by atoms with Gasteiger partial charge >= 0.3 is 0 Å². The second-order valence-electron chi connectivity index (χ2n) is 4.55. The van der Waals surface area contributed by atoms with E-state index in [-0.39, 0.29) is 10.6 Å². The number of aromatic amines is 1. The minimum Gasteiger partial charge on any atom is -0.250 e. The van der Waals surface area contributed by atoms with Gasteiger partial charge in [-0.25, -0.2) is 9.49 Å². The molecule has 8 heteroatoms. The van der Waals surface area contributed by atoms with Gasteiger partial charge in [-0.15, -0.1) is 0 Å². The Labute approximate surface area is 146 Å². The first kappa shape index (κ1) is 15.9. The van der Waals surface area contributed by atoms with E-state index in [9.17, 15) is 4.39 Å². The van der Waals surface area contributed by atoms with Crippen LogP contribution in [-0.4, -0.2) is 21.1 Å². The maximum atomic E-state index is 13.9. The van der Waals surface area contributed by atoms with E-state index in [0.29, 0.717) is 21.2 Å². The molecule has 0 saturated heterocycles. The average molecular weight is 367 g/mol. The molecule has 0 atom stereocenters. The third kappa shape index (κ3) is 3.34. The van der Waals surface area contributed by atoms with Crippen LogP contribution in [-0.2, 0) is 0 Å². The first-order chi connectivity index (χ1) is 11.1. The van der Waals surface area contributed by atoms with Crippen molar-refractivity contribution in [1.82, 2.24) is 14.9 Å². The molecule has 1 heterocycles. The van der Waals surface area contributed by atoms with Crippen molar-refractivity contribution in [1.29, 1.82) is 0 Å². The summed E-state index contributed by atoms with van der Waals surface area (Å²) < 4.78 is 15.5. The largest absolute Gasteiger partial charge is 0.250 e. The van der Waals surface area contributed by atoms with E-state index in [1.165, 1.54) is 17.0 Å². The second-order valence-corrected chi connectivity index (χ2v) is 5.78. The van der Waals surface area contributed by atoms with E-state index >= 15 is 0 Å². The molecular formula is C15H9Cl2FN4S. The zero-order valence-corrected chi connectivity index (χ0v) is 13.8. The number of benzene rings is 2. The smallest absolute Gasteiger partial charge is 0.216 e. The molecule has 0 fully saturated rings. The molecule has 0 unspecified atom stereocenters. The first-order valence-corrected chi connectivity index (χ1v) is 7.64. The molecular weight excluding hydrogens is 358 g/mol. The summed E-state index contributed by atoms with van der Waals surface area (Å²) in [6.45, 7) is 0. The Kier molecular flexibility index (Phi) is 4.56. The van der Waals surface area contributed by atoms with Crippen molar-refractivity contribution in [3.63, 3.8) is 0 Å². The normalized spacial score (nSPS) is 11.3. The fraction of sp³-hybridized carbons (Fsp3) is 0. The van der Waals surface area contributed by atoms with Gasteiger partial charge in [0, 0.05) is 10.6 Å². The monoisotopic (exact) mass is 366 g/mol. The number of H-pyrrole nitrogens is 1. The fourth-order valence-electron chi connectivity index (χ4n) is 1.94. The second kappa shape index (κ2) is 6.62. The van der Waals surface area contributed by atoms with Gasteiger partial charge in [-0.2, -0.15) is 14.9 Å². The van der Waals surface area contributed by atoms with E-state index in [2.05, 4.69) is 15.3 Å². The molecule has 0 spiro atoms. The van der Waals surface area contributed by atoms with Crippen LogP contribution in [0, 0.1) is 10.6 Å². The molecule has 1 aromatic heterocycles. The van der Waals surface area contributed by atoms with E-state index in [1.54, 1.807) is 36.4 Å². The van der Waals surface area contributed by atoms with Crippen molar-refractivity contribution >= 4 is 41.6 Å². The molecule has 0 aliphatic carbocycles. The molecule has 0 aliphatic rings. The Morgan fingerprint density at radius 3 is 2.74 bits per heavy atom. The van der Waals surface area contributed by atoms with E-state index in [0.717, 1.165) is 0 Å². The molecule has 23 heavy (non-hydrogen) atoms. The van der Waals surface area contributed by atoms with Crippen LogP contribution in [0.3, 0.4) is 0 Å². The van der Waals surface area contributed by atoms with Crippen LogP contribution in [0.1, 0.15) is 5.56 Å². The molecule has 0 amide bonds. The van der Waals surface area contributed by atoms with Gasteiger partial charge in [0.1, 0.15) is 5.82 Å². The molecule has 0 bridgehead atoms. The SMILES string of the molecule is Fc1ccccc1-c1n[nH]c(=S)n1/N=C/c1ccc(Cl)cc1Cl. The quantitative estimate of drug-likeness (QED) is 0.527. The molecule has 1 N–H and O–H groups in total. The van der Waals surface area contributed by atoms with Crippen molar-refractivity contribution in [2.75, 3.05) is 0 Å². The lowest BCUT2D eigenvalue weighted by atomic mass is 10.2. The average Bonchev–Trinajstić information content (AvgIpc) is 2.88. The molecule has 3 rings (SSSR count). The van der Waals surface area contributed by atoms with E-state index < -0.39 is 5.82 Å². The predicted molar refractivity (Wildman–Crippen MR) is 92.3 cm³/mol. The van der Waals surface area contributed by atoms with Gasteiger partial charge in [-0.3, -0.25) is 0 Å². The lowest BCUT2D eigenvalue weighted by molar-refractivity contribution is 0.628. The Morgan fingerprint density at radius 1 is 1.22 bits per heavy atom. The van der Waals surface area contributed by atoms with Crippen molar-refractivity contribution < 1.29 is 4.39 Å². The lowest BCUT2D eigenvalue weighted by Crippen LogP contribution is -1.97. The standard InChI is InChI=1S/C15H9Cl2FN4S/c16-10-6-5-9(12(17)7-10)8-19-22-14(20-21-15(22)23)11-3-1-2-4-13(11)18/h1-8H,(H,21,23)/b19-8+. The number of nitrogens with one attached hydrogen (secondary N) is 1. The summed E-state index contributed by atoms with van der Waals surface area (Å²) in [5.74, 6) is -0.142. The van der Waals surface area contributed by atoms with Crippen LogP contribution in [0.15, 0.2) is 47.6 Å². The van der Waals surface area contributed by atoms with Gasteiger partial charge in [0.15, 0.2) is 5.82 Å². The number of aromatic nitrogens is 3. The number of nitrogens with zero attached hydrogens (tertiary/aromatic N) is 3. The van der Waals surface area contributed by atoms with Crippen LogP contribution in [0.25, 0.3) is 11.4 Å². The Bertz CT molecular complexity index is 949. The Morgan fingerprint density at radius 2 is 2.00 bits per heavy atom. The summed E-state index contributed by atoms with van der Waals surface area (Å²) in [5, 5.41) is 11.9. The van der Waals surface area contributed by atoms with Gasteiger partial charge in [-0.05, 0) is 36.5 Å². The highest BCUT2D eigenvalue weighted by atomic mass is 35.5. The molecule has 2 aromatic carbocycles. The Hall–Kier alpha value is -2.02. The van der Waals surface area contributed by atoms with Crippen LogP contribution >= 0.6 is 35.4 Å². The summed E-state index contributed by atoms with van der Waals surface area (Å²) in [5.41, 5.74) is 0.942. The van der Waals surface area contributed by atoms with E-state index in [4.69, 9.17) is 35.4 Å². The van der Waals surface area contributed by atoms with Crippen LogP contribution < -0.4 is 0 Å². The maximum Gasteiger partial charge on any atom is 0.216 e. The predicted octanol–water partition coefficient (Wildman–Crippen LogP) is 4.94. The van der Waals surface area contributed by atoms with Gasteiger partial charge < -0.3 is 0 Å². The molecule has 0 radical (unpaired) electrons. The minimum absolute atomic E-state index is 0.240. The van der Waals surface area contributed by atoms with Crippen LogP contribution in [0.4, 0.5) is 4.39 Å². The zero-order chi connectivity index (χ0) is 16.4. The van der Waals surface area contributed by atoms with Crippen LogP contribution in [0.2, 0.25) is 10.0 Å². The highest BCUT2D eigenvalue weighted by molar-refractivity contribution is 7.71. The van der Waals surface area contributed by atoms with Crippen molar-refractivity contribution in [3.8, 4) is 11.4 Å². The summed E-state index contributed by atoms with van der Waals surface area (Å²) in [6, 6.07) is 11.3. The highest BCUT2D eigenvalue weighted by Gasteiger charge is 2.12. The highest BCUT2D eigenvalue weighted by Crippen LogP contribution is 2.22. The summed E-state index contributed by atoms with van der Waals surface area (Å²) >= 11 is 17.1. The Balaban J connectivity index is 2.04. The van der Waals surface area contributed by atoms with Crippen molar-refractivity contribution in [2.24, 2.45) is 5.10 Å². The summed E-state index contributed by atoms with van der Waals surface area (Å²) in [6.07, 6.45) is 1.51. The number of halogens is 3. The third-order valence-electron chi connectivity index (χ3n) is 3.04. The fourth-order valence-corrected chi connectivity index (χ4v) is 2.58. The summed E-state index contributed by atoms with van der Waals surface area (Å²) in [7, 11) is 0. The number of hydrogen-bond acceptors (Lipinski definition) is 3. The van der Waals surface area contributed by atoms with Gasteiger partial charge in [-0.1, -0.05) is 41.4 Å². The van der Waals surface area contributed by atoms with Crippen molar-refractivity contribution in [2.45, 2.75) is 0 Å². The molecule has 116 valence electrons. The van der Waals surface area contributed by atoms with Gasteiger partial charge in [0.05, 0.1) is 16.8 Å². The minimum atomic E-state index is -0.414. The molecule has 0 aliphatic heterocycles. The molecule has 4 nitrogen and oxygen atoms in total. The van der Waals surface area contributed by atoms with E-state index in [1.807, 2.05) is 0 Å². The maximum absolute atomic E-state index is 13.9. The molecule has 0 saturated carbocycles. The van der Waals surface area contributed by atoms with Crippen LogP contribution in [0.5, 0.6) is 0 Å². The van der Waals surface area contributed by atoms with Crippen molar-refractivity contribution in [3.05, 3.63) is 68.7 Å². The first-order valence-electron chi connectivity index (χ1n) is 6.48. The summed E-state index contributed by atoms with van der Waals surface area (Å²) in [4.78, 5) is 0. The topological polar surface area (TPSA) is 46.0 Å². The lowest BCUT2D eigenvalue weighted by Gasteiger charge is -2.03. The van der Waals surface area contributed by atoms with Gasteiger partial charge in [0.2, 0.25) is 4.77 Å². The zero-order valence-electron chi connectivity index (χ0n) is 11.5. The van der Waals surface area contributed by atoms with Gasteiger partial charge in [0.25, 0.3) is 0 Å².